The van der Waals surface area contributed by atoms with Crippen LogP contribution in [0.3, 0.4) is 0 Å². The van der Waals surface area contributed by atoms with Crippen molar-refractivity contribution in [2.75, 3.05) is 31.6 Å². The quantitative estimate of drug-likeness (QED) is 0.377. The number of aliphatic hydroxyl groups excluding tert-OH is 2. The molecular weight excluding hydrogens is 346 g/mol. The number of ether oxygens (including phenoxy) is 1. The van der Waals surface area contributed by atoms with Crippen molar-refractivity contribution in [2.24, 2.45) is 0 Å². The number of aliphatic hydroxyl groups is 2. The molecule has 0 saturated carbocycles. The molecule has 154 valence electrons. The summed E-state index contributed by atoms with van der Waals surface area (Å²) < 4.78 is 5.36. The predicted octanol–water partition coefficient (Wildman–Crippen LogP) is 2.41. The van der Waals surface area contributed by atoms with E-state index in [1.54, 1.807) is 0 Å². The van der Waals surface area contributed by atoms with Gasteiger partial charge >= 0.3 is 6.09 Å². The van der Waals surface area contributed by atoms with Gasteiger partial charge in [0.25, 0.3) is 0 Å². The van der Waals surface area contributed by atoms with E-state index in [0.717, 1.165) is 24.1 Å². The number of alkyl carbamates (subject to hydrolysis) is 1. The van der Waals surface area contributed by atoms with Crippen LogP contribution in [-0.4, -0.2) is 54.3 Å². The minimum Gasteiger partial charge on any atom is -0.444 e. The van der Waals surface area contributed by atoms with Crippen LogP contribution in [0, 0.1) is 0 Å². The molecule has 1 unspecified atom stereocenters. The lowest BCUT2D eigenvalue weighted by Gasteiger charge is -2.24. The molecule has 7 nitrogen and oxygen atoms in total. The minimum absolute atomic E-state index is 0.0828. The van der Waals surface area contributed by atoms with Crippen LogP contribution in [0.15, 0.2) is 24.3 Å². The zero-order valence-corrected chi connectivity index (χ0v) is 16.9. The number of amides is 1. The summed E-state index contributed by atoms with van der Waals surface area (Å²) in [6.45, 7) is 9.14. The van der Waals surface area contributed by atoms with Crippen molar-refractivity contribution in [1.82, 2.24) is 10.6 Å². The Morgan fingerprint density at radius 2 is 1.85 bits per heavy atom. The maximum absolute atomic E-state index is 12.1. The first-order valence-corrected chi connectivity index (χ1v) is 9.58. The molecule has 1 aromatic carbocycles. The van der Waals surface area contributed by atoms with Gasteiger partial charge in [-0.2, -0.15) is 0 Å². The predicted molar refractivity (Wildman–Crippen MR) is 108 cm³/mol. The zero-order valence-electron chi connectivity index (χ0n) is 16.9. The van der Waals surface area contributed by atoms with Crippen molar-refractivity contribution in [3.05, 3.63) is 29.8 Å². The standard InChI is InChI=1S/C20H35N3O4/c1-5-6-18(23-19(26)27-20(2,3)4)15-7-9-16(10-8-15)22-12-11-21-13-17(25)14-24/h7-10,17-18,21-22,24-25H,5-6,11-14H2,1-4H3,(H,23,26)/t17-,18?/m1/s1. The smallest absolute Gasteiger partial charge is 0.408 e. The summed E-state index contributed by atoms with van der Waals surface area (Å²) in [4.78, 5) is 12.1. The van der Waals surface area contributed by atoms with Crippen LogP contribution in [0.5, 0.6) is 0 Å². The third kappa shape index (κ3) is 10.2. The molecule has 0 heterocycles. The molecule has 5 N–H and O–H groups in total. The Kier molecular flexibility index (Phi) is 10.1. The summed E-state index contributed by atoms with van der Waals surface area (Å²) in [5.74, 6) is 0. The second-order valence-electron chi connectivity index (χ2n) is 7.58. The molecule has 27 heavy (non-hydrogen) atoms. The lowest BCUT2D eigenvalue weighted by molar-refractivity contribution is 0.0501. The topological polar surface area (TPSA) is 103 Å². The van der Waals surface area contributed by atoms with Crippen LogP contribution in [0.2, 0.25) is 0 Å². The highest BCUT2D eigenvalue weighted by molar-refractivity contribution is 5.68. The van der Waals surface area contributed by atoms with Crippen LogP contribution in [0.1, 0.15) is 52.1 Å². The van der Waals surface area contributed by atoms with Gasteiger partial charge in [0.1, 0.15) is 5.60 Å². The van der Waals surface area contributed by atoms with Gasteiger partial charge in [0.2, 0.25) is 0 Å². The highest BCUT2D eigenvalue weighted by atomic mass is 16.6. The van der Waals surface area contributed by atoms with E-state index in [-0.39, 0.29) is 12.6 Å². The second kappa shape index (κ2) is 11.8. The Morgan fingerprint density at radius 1 is 1.19 bits per heavy atom. The van der Waals surface area contributed by atoms with Crippen molar-refractivity contribution >= 4 is 11.8 Å². The molecule has 1 rings (SSSR count). The maximum Gasteiger partial charge on any atom is 0.408 e. The van der Waals surface area contributed by atoms with Gasteiger partial charge in [-0.15, -0.1) is 0 Å². The fourth-order valence-corrected chi connectivity index (χ4v) is 2.52. The van der Waals surface area contributed by atoms with E-state index in [2.05, 4.69) is 22.9 Å². The SMILES string of the molecule is CCCC(NC(=O)OC(C)(C)C)c1ccc(NCCNC[C@@H](O)CO)cc1. The number of carbonyl (C=O) groups is 1. The third-order valence-corrected chi connectivity index (χ3v) is 3.80. The Labute approximate surface area is 162 Å². The van der Waals surface area contributed by atoms with Gasteiger partial charge in [-0.05, 0) is 44.9 Å². The average Bonchev–Trinajstić information content (AvgIpc) is 2.60. The van der Waals surface area contributed by atoms with Crippen molar-refractivity contribution < 1.29 is 19.7 Å². The number of anilines is 1. The van der Waals surface area contributed by atoms with Crippen molar-refractivity contribution in [3.63, 3.8) is 0 Å². The van der Waals surface area contributed by atoms with E-state index < -0.39 is 17.8 Å². The van der Waals surface area contributed by atoms with E-state index in [0.29, 0.717) is 19.6 Å². The number of hydrogen-bond acceptors (Lipinski definition) is 6. The molecule has 0 spiro atoms. The van der Waals surface area contributed by atoms with Gasteiger partial charge in [0.05, 0.1) is 18.8 Å². The van der Waals surface area contributed by atoms with Crippen molar-refractivity contribution in [2.45, 2.75) is 58.3 Å². The number of hydrogen-bond donors (Lipinski definition) is 5. The molecule has 2 atom stereocenters. The lowest BCUT2D eigenvalue weighted by Crippen LogP contribution is -2.35. The molecule has 7 heteroatoms. The summed E-state index contributed by atoms with van der Waals surface area (Å²) in [5.41, 5.74) is 1.50. The van der Waals surface area contributed by atoms with Gasteiger partial charge in [-0.1, -0.05) is 25.5 Å². The van der Waals surface area contributed by atoms with E-state index in [1.807, 2.05) is 45.0 Å². The summed E-state index contributed by atoms with van der Waals surface area (Å²) in [6, 6.07) is 7.89. The highest BCUT2D eigenvalue weighted by Gasteiger charge is 2.20. The summed E-state index contributed by atoms with van der Waals surface area (Å²) in [7, 11) is 0. The number of carbonyl (C=O) groups excluding carboxylic acids is 1. The lowest BCUT2D eigenvalue weighted by atomic mass is 10.0. The Hall–Kier alpha value is -1.83. The largest absolute Gasteiger partial charge is 0.444 e. The molecule has 0 aliphatic rings. The number of rotatable bonds is 11. The fraction of sp³-hybridized carbons (Fsp3) is 0.650. The maximum atomic E-state index is 12.1. The normalized spacial score (nSPS) is 13.7. The molecule has 0 aromatic heterocycles. The summed E-state index contributed by atoms with van der Waals surface area (Å²) in [6.07, 6.45) is 0.658. The van der Waals surface area contributed by atoms with Gasteiger partial charge in [0, 0.05) is 25.3 Å². The monoisotopic (exact) mass is 381 g/mol. The molecule has 0 radical (unpaired) electrons. The molecule has 0 aliphatic heterocycles. The third-order valence-electron chi connectivity index (χ3n) is 3.80. The fourth-order valence-electron chi connectivity index (χ4n) is 2.52. The molecule has 0 saturated heterocycles. The van der Waals surface area contributed by atoms with Crippen molar-refractivity contribution in [3.8, 4) is 0 Å². The molecule has 1 aromatic rings. The average molecular weight is 382 g/mol. The van der Waals surface area contributed by atoms with Gasteiger partial charge in [0.15, 0.2) is 0 Å². The van der Waals surface area contributed by atoms with E-state index in [1.165, 1.54) is 0 Å². The van der Waals surface area contributed by atoms with E-state index >= 15 is 0 Å². The summed E-state index contributed by atoms with van der Waals surface area (Å²) >= 11 is 0. The van der Waals surface area contributed by atoms with Crippen LogP contribution < -0.4 is 16.0 Å². The minimum atomic E-state index is -0.725. The Bertz CT molecular complexity index is 543. The van der Waals surface area contributed by atoms with Crippen LogP contribution >= 0.6 is 0 Å². The second-order valence-corrected chi connectivity index (χ2v) is 7.58. The van der Waals surface area contributed by atoms with Gasteiger partial charge in [-0.3, -0.25) is 0 Å². The Morgan fingerprint density at radius 3 is 2.41 bits per heavy atom. The molecule has 0 fully saturated rings. The van der Waals surface area contributed by atoms with E-state index in [4.69, 9.17) is 9.84 Å². The van der Waals surface area contributed by atoms with Gasteiger partial charge < -0.3 is 30.9 Å². The molecule has 0 bridgehead atoms. The summed E-state index contributed by atoms with van der Waals surface area (Å²) in [5, 5.41) is 27.3. The van der Waals surface area contributed by atoms with Crippen LogP contribution in [-0.2, 0) is 4.74 Å². The van der Waals surface area contributed by atoms with Crippen molar-refractivity contribution in [1.29, 1.82) is 0 Å². The highest BCUT2D eigenvalue weighted by Crippen LogP contribution is 2.21. The van der Waals surface area contributed by atoms with E-state index in [9.17, 15) is 9.90 Å². The van der Waals surface area contributed by atoms with Crippen LogP contribution in [0.4, 0.5) is 10.5 Å². The Balaban J connectivity index is 2.51. The first-order valence-electron chi connectivity index (χ1n) is 9.58. The van der Waals surface area contributed by atoms with Crippen LogP contribution in [0.25, 0.3) is 0 Å². The molecule has 0 aliphatic carbocycles. The zero-order chi connectivity index (χ0) is 20.3. The number of nitrogens with one attached hydrogen (secondary N) is 3. The van der Waals surface area contributed by atoms with Gasteiger partial charge in [-0.25, -0.2) is 4.79 Å². The molecule has 1 amide bonds. The first-order chi connectivity index (χ1) is 12.7. The number of benzene rings is 1. The first kappa shape index (κ1) is 23.2. The molecular formula is C20H35N3O4.